The summed E-state index contributed by atoms with van der Waals surface area (Å²) in [5, 5.41) is 0. The Hall–Kier alpha value is -0.570. The number of hydrogen-bond donors (Lipinski definition) is 1. The fraction of sp³-hybridized carbons (Fsp3) is 0.917. The molecule has 0 radical (unpaired) electrons. The summed E-state index contributed by atoms with van der Waals surface area (Å²) in [5.41, 5.74) is 5.20. The summed E-state index contributed by atoms with van der Waals surface area (Å²) in [6.07, 6.45) is 4.11. The van der Waals surface area contributed by atoms with Crippen molar-refractivity contribution >= 4 is 5.91 Å². The van der Waals surface area contributed by atoms with Crippen molar-refractivity contribution in [2.24, 2.45) is 11.1 Å². The maximum Gasteiger partial charge on any atom is 0.227 e. The van der Waals surface area contributed by atoms with Gasteiger partial charge in [0.05, 0.1) is 0 Å². The highest BCUT2D eigenvalue weighted by atomic mass is 16.2. The molecule has 0 aliphatic carbocycles. The number of rotatable bonds is 7. The van der Waals surface area contributed by atoms with Crippen LogP contribution in [0.5, 0.6) is 0 Å². The van der Waals surface area contributed by atoms with E-state index in [9.17, 15) is 4.79 Å². The van der Waals surface area contributed by atoms with E-state index in [0.29, 0.717) is 0 Å². The van der Waals surface area contributed by atoms with Crippen molar-refractivity contribution in [3.05, 3.63) is 0 Å². The average molecular weight is 214 g/mol. The van der Waals surface area contributed by atoms with Crippen LogP contribution in [0.1, 0.15) is 46.5 Å². The molecule has 1 amide bonds. The van der Waals surface area contributed by atoms with E-state index in [1.54, 1.807) is 0 Å². The number of amides is 1. The van der Waals surface area contributed by atoms with Gasteiger partial charge >= 0.3 is 0 Å². The van der Waals surface area contributed by atoms with E-state index in [1.807, 2.05) is 25.8 Å². The topological polar surface area (TPSA) is 46.3 Å². The van der Waals surface area contributed by atoms with E-state index in [-0.39, 0.29) is 11.3 Å². The van der Waals surface area contributed by atoms with Gasteiger partial charge in [-0.3, -0.25) is 4.79 Å². The lowest BCUT2D eigenvalue weighted by molar-refractivity contribution is -0.139. The number of nitrogens with two attached hydrogens (primary N) is 1. The molecule has 0 fully saturated rings. The van der Waals surface area contributed by atoms with E-state index in [4.69, 9.17) is 5.73 Å². The van der Waals surface area contributed by atoms with Crippen LogP contribution in [0, 0.1) is 5.41 Å². The maximum absolute atomic E-state index is 12.0. The van der Waals surface area contributed by atoms with Crippen LogP contribution in [-0.2, 0) is 4.79 Å². The molecule has 0 aliphatic heterocycles. The molecule has 15 heavy (non-hydrogen) atoms. The molecule has 0 saturated heterocycles. The summed E-state index contributed by atoms with van der Waals surface area (Å²) in [6.45, 7) is 7.66. The normalized spacial score (nSPS) is 11.5. The van der Waals surface area contributed by atoms with Crippen LogP contribution in [0.25, 0.3) is 0 Å². The lowest BCUT2D eigenvalue weighted by Gasteiger charge is -2.28. The van der Waals surface area contributed by atoms with Crippen molar-refractivity contribution in [2.45, 2.75) is 46.5 Å². The zero-order valence-electron chi connectivity index (χ0n) is 10.7. The summed E-state index contributed by atoms with van der Waals surface area (Å²) in [6, 6.07) is 0. The lowest BCUT2D eigenvalue weighted by Crippen LogP contribution is -2.38. The zero-order chi connectivity index (χ0) is 11.9. The van der Waals surface area contributed by atoms with Gasteiger partial charge in [-0.25, -0.2) is 0 Å². The molecule has 3 nitrogen and oxygen atoms in total. The average Bonchev–Trinajstić information content (AvgIpc) is 2.23. The first kappa shape index (κ1) is 14.4. The molecule has 0 saturated carbocycles. The summed E-state index contributed by atoms with van der Waals surface area (Å²) >= 11 is 0. The first-order chi connectivity index (χ1) is 6.95. The molecule has 0 aromatic heterocycles. The second-order valence-electron chi connectivity index (χ2n) is 4.81. The number of carbonyl (C=O) groups excluding carboxylic acids is 1. The third-order valence-electron chi connectivity index (χ3n) is 3.01. The van der Waals surface area contributed by atoms with Crippen LogP contribution >= 0.6 is 0 Å². The number of nitrogens with zero attached hydrogens (tertiary/aromatic N) is 1. The number of carbonyl (C=O) groups is 1. The van der Waals surface area contributed by atoms with E-state index >= 15 is 0 Å². The van der Waals surface area contributed by atoms with Crippen molar-refractivity contribution in [1.82, 2.24) is 4.90 Å². The van der Waals surface area contributed by atoms with E-state index in [2.05, 4.69) is 6.92 Å². The number of hydrogen-bond acceptors (Lipinski definition) is 2. The van der Waals surface area contributed by atoms with E-state index in [1.165, 1.54) is 0 Å². The predicted octanol–water partition coefficient (Wildman–Crippen LogP) is 2.01. The molecular weight excluding hydrogens is 188 g/mol. The quantitative estimate of drug-likeness (QED) is 0.659. The van der Waals surface area contributed by atoms with Crippen molar-refractivity contribution in [1.29, 1.82) is 0 Å². The van der Waals surface area contributed by atoms with Gasteiger partial charge in [-0.1, -0.05) is 27.2 Å². The summed E-state index contributed by atoms with van der Waals surface area (Å²) < 4.78 is 0. The van der Waals surface area contributed by atoms with Crippen LogP contribution in [0.3, 0.4) is 0 Å². The minimum atomic E-state index is -0.220. The smallest absolute Gasteiger partial charge is 0.227 e. The Morgan fingerprint density at radius 2 is 1.87 bits per heavy atom. The molecule has 0 unspecified atom stereocenters. The summed E-state index contributed by atoms with van der Waals surface area (Å²) in [7, 11) is 1.89. The first-order valence-corrected chi connectivity index (χ1v) is 5.91. The fourth-order valence-corrected chi connectivity index (χ4v) is 1.44. The third kappa shape index (κ3) is 5.17. The van der Waals surface area contributed by atoms with E-state index < -0.39 is 0 Å². The Morgan fingerprint density at radius 1 is 1.27 bits per heavy atom. The van der Waals surface area contributed by atoms with Crippen LogP contribution in [0.4, 0.5) is 0 Å². The molecule has 0 bridgehead atoms. The van der Waals surface area contributed by atoms with Crippen molar-refractivity contribution in [3.63, 3.8) is 0 Å². The molecule has 0 rings (SSSR count). The van der Waals surface area contributed by atoms with Gasteiger partial charge in [0.15, 0.2) is 0 Å². The van der Waals surface area contributed by atoms with Crippen LogP contribution in [0.15, 0.2) is 0 Å². The molecule has 2 N–H and O–H groups in total. The fourth-order valence-electron chi connectivity index (χ4n) is 1.44. The van der Waals surface area contributed by atoms with Gasteiger partial charge in [0.2, 0.25) is 5.91 Å². The van der Waals surface area contributed by atoms with E-state index in [0.717, 1.165) is 38.8 Å². The molecule has 90 valence electrons. The predicted molar refractivity (Wildman–Crippen MR) is 64.6 cm³/mol. The van der Waals surface area contributed by atoms with Gasteiger partial charge < -0.3 is 10.6 Å². The summed E-state index contributed by atoms with van der Waals surface area (Å²) in [5.74, 6) is 0.248. The summed E-state index contributed by atoms with van der Waals surface area (Å²) in [4.78, 5) is 13.8. The Kier molecular flexibility index (Phi) is 6.57. The van der Waals surface area contributed by atoms with Gasteiger partial charge in [0.25, 0.3) is 0 Å². The molecule has 0 heterocycles. The van der Waals surface area contributed by atoms with Crippen LogP contribution < -0.4 is 5.73 Å². The third-order valence-corrected chi connectivity index (χ3v) is 3.01. The van der Waals surface area contributed by atoms with Gasteiger partial charge in [-0.15, -0.1) is 0 Å². The highest BCUT2D eigenvalue weighted by Gasteiger charge is 2.27. The minimum Gasteiger partial charge on any atom is -0.345 e. The molecule has 0 aromatic carbocycles. The van der Waals surface area contributed by atoms with Crippen LogP contribution in [-0.4, -0.2) is 30.9 Å². The molecule has 0 aromatic rings. The second kappa shape index (κ2) is 6.83. The van der Waals surface area contributed by atoms with Crippen molar-refractivity contribution in [2.75, 3.05) is 20.1 Å². The molecule has 0 atom stereocenters. The van der Waals surface area contributed by atoms with Gasteiger partial charge in [0.1, 0.15) is 0 Å². The molecule has 3 heteroatoms. The molecular formula is C12H26N2O. The first-order valence-electron chi connectivity index (χ1n) is 5.91. The van der Waals surface area contributed by atoms with Gasteiger partial charge in [0, 0.05) is 19.0 Å². The maximum atomic E-state index is 12.0. The number of unbranched alkanes of at least 4 members (excludes halogenated alkanes) is 2. The Balaban J connectivity index is 3.89. The monoisotopic (exact) mass is 214 g/mol. The zero-order valence-corrected chi connectivity index (χ0v) is 10.7. The standard InChI is InChI=1S/C12H26N2O/c1-5-12(2,3)11(15)14(4)10-8-6-7-9-13/h5-10,13H2,1-4H3. The Bertz CT molecular complexity index is 190. The SMILES string of the molecule is CCC(C)(C)C(=O)N(C)CCCCCN. The highest BCUT2D eigenvalue weighted by molar-refractivity contribution is 5.81. The Labute approximate surface area is 94.0 Å². The minimum absolute atomic E-state index is 0.220. The van der Waals surface area contributed by atoms with Crippen LogP contribution in [0.2, 0.25) is 0 Å². The second-order valence-corrected chi connectivity index (χ2v) is 4.81. The molecule has 0 spiro atoms. The van der Waals surface area contributed by atoms with Crippen molar-refractivity contribution in [3.8, 4) is 0 Å². The lowest BCUT2D eigenvalue weighted by atomic mass is 9.88. The molecule has 0 aliphatic rings. The van der Waals surface area contributed by atoms with Crippen molar-refractivity contribution < 1.29 is 4.79 Å². The Morgan fingerprint density at radius 3 is 2.33 bits per heavy atom. The largest absolute Gasteiger partial charge is 0.345 e. The van der Waals surface area contributed by atoms with Gasteiger partial charge in [-0.2, -0.15) is 0 Å². The van der Waals surface area contributed by atoms with Gasteiger partial charge in [-0.05, 0) is 25.8 Å². The highest BCUT2D eigenvalue weighted by Crippen LogP contribution is 2.22.